The molecule has 84 valence electrons. The Morgan fingerprint density at radius 3 is 2.53 bits per heavy atom. The highest BCUT2D eigenvalue weighted by atomic mass is 32.2. The Bertz CT molecular complexity index is 300. The lowest BCUT2D eigenvalue weighted by Gasteiger charge is -2.08. The second-order valence-corrected chi connectivity index (χ2v) is 4.34. The highest BCUT2D eigenvalue weighted by Gasteiger charge is 2.06. The molecular formula is C10H16N2O2S. The van der Waals surface area contributed by atoms with Crippen molar-refractivity contribution in [3.8, 4) is 0 Å². The van der Waals surface area contributed by atoms with Gasteiger partial charge in [-0.25, -0.2) is 9.97 Å². The van der Waals surface area contributed by atoms with E-state index in [-0.39, 0.29) is 0 Å². The Kier molecular flexibility index (Phi) is 5.01. The summed E-state index contributed by atoms with van der Waals surface area (Å²) < 4.78 is 4.84. The number of methoxy groups -OCH3 is 1. The third-order valence-corrected chi connectivity index (χ3v) is 2.72. The molecule has 0 aliphatic carbocycles. The number of aliphatic hydroxyl groups is 1. The third-order valence-electron chi connectivity index (χ3n) is 1.73. The Morgan fingerprint density at radius 2 is 2.00 bits per heavy atom. The molecule has 0 unspecified atom stereocenters. The minimum Gasteiger partial charge on any atom is -0.390 e. The van der Waals surface area contributed by atoms with E-state index in [1.165, 1.54) is 11.8 Å². The third kappa shape index (κ3) is 4.59. The largest absolute Gasteiger partial charge is 0.390 e. The summed E-state index contributed by atoms with van der Waals surface area (Å²) in [6, 6.07) is 1.93. The average molecular weight is 228 g/mol. The smallest absolute Gasteiger partial charge is 0.188 e. The molecule has 0 radical (unpaired) electrons. The molecule has 0 amide bonds. The van der Waals surface area contributed by atoms with Gasteiger partial charge in [-0.1, -0.05) is 11.8 Å². The monoisotopic (exact) mass is 228 g/mol. The van der Waals surface area contributed by atoms with Crippen LogP contribution in [-0.4, -0.2) is 40.6 Å². The Hall–Kier alpha value is -0.650. The van der Waals surface area contributed by atoms with Crippen LogP contribution in [0.5, 0.6) is 0 Å². The van der Waals surface area contributed by atoms with Gasteiger partial charge in [0, 0.05) is 24.3 Å². The van der Waals surface area contributed by atoms with E-state index >= 15 is 0 Å². The van der Waals surface area contributed by atoms with Crippen molar-refractivity contribution >= 4 is 11.8 Å². The van der Waals surface area contributed by atoms with Crippen LogP contribution >= 0.6 is 11.8 Å². The van der Waals surface area contributed by atoms with Crippen LogP contribution in [0.2, 0.25) is 0 Å². The number of hydrogen-bond donors (Lipinski definition) is 1. The van der Waals surface area contributed by atoms with Gasteiger partial charge in [0.2, 0.25) is 0 Å². The summed E-state index contributed by atoms with van der Waals surface area (Å²) in [6.07, 6.45) is -0.468. The lowest BCUT2D eigenvalue weighted by molar-refractivity contribution is 0.0793. The Morgan fingerprint density at radius 1 is 1.40 bits per heavy atom. The van der Waals surface area contributed by atoms with Gasteiger partial charge in [-0.15, -0.1) is 0 Å². The molecule has 15 heavy (non-hydrogen) atoms. The van der Waals surface area contributed by atoms with Crippen molar-refractivity contribution < 1.29 is 9.84 Å². The van der Waals surface area contributed by atoms with Gasteiger partial charge in [0.15, 0.2) is 5.16 Å². The van der Waals surface area contributed by atoms with E-state index in [1.807, 2.05) is 19.9 Å². The Labute approximate surface area is 94.1 Å². The van der Waals surface area contributed by atoms with Crippen molar-refractivity contribution in [1.82, 2.24) is 9.97 Å². The minimum absolute atomic E-state index is 0.345. The van der Waals surface area contributed by atoms with Gasteiger partial charge in [-0.05, 0) is 19.9 Å². The van der Waals surface area contributed by atoms with E-state index in [9.17, 15) is 5.11 Å². The van der Waals surface area contributed by atoms with E-state index < -0.39 is 6.10 Å². The fraction of sp³-hybridized carbons (Fsp3) is 0.600. The van der Waals surface area contributed by atoms with E-state index in [0.717, 1.165) is 11.4 Å². The van der Waals surface area contributed by atoms with Gasteiger partial charge < -0.3 is 9.84 Å². The van der Waals surface area contributed by atoms with E-state index in [0.29, 0.717) is 17.5 Å². The lowest BCUT2D eigenvalue weighted by atomic mass is 10.4. The number of ether oxygens (including phenoxy) is 1. The second-order valence-electron chi connectivity index (χ2n) is 3.35. The van der Waals surface area contributed by atoms with Crippen molar-refractivity contribution in [1.29, 1.82) is 0 Å². The predicted octanol–water partition coefficient (Wildman–Crippen LogP) is 1.19. The predicted molar refractivity (Wildman–Crippen MR) is 60.1 cm³/mol. The van der Waals surface area contributed by atoms with Gasteiger partial charge in [-0.2, -0.15) is 0 Å². The number of aromatic nitrogens is 2. The normalized spacial score (nSPS) is 12.8. The number of aryl methyl sites for hydroxylation is 2. The highest BCUT2D eigenvalue weighted by Crippen LogP contribution is 2.15. The molecule has 0 aromatic carbocycles. The second kappa shape index (κ2) is 6.05. The molecule has 0 aliphatic heterocycles. The SMILES string of the molecule is COC[C@@H](O)CSc1nc(C)cc(C)n1. The summed E-state index contributed by atoms with van der Waals surface area (Å²) in [4.78, 5) is 8.53. The molecule has 0 bridgehead atoms. The first-order valence-electron chi connectivity index (χ1n) is 4.74. The van der Waals surface area contributed by atoms with Crippen LogP contribution < -0.4 is 0 Å². The average Bonchev–Trinajstić information content (AvgIpc) is 2.14. The van der Waals surface area contributed by atoms with Gasteiger partial charge in [0.05, 0.1) is 12.7 Å². The maximum Gasteiger partial charge on any atom is 0.188 e. The van der Waals surface area contributed by atoms with Crippen LogP contribution in [0.1, 0.15) is 11.4 Å². The van der Waals surface area contributed by atoms with E-state index in [2.05, 4.69) is 9.97 Å². The quantitative estimate of drug-likeness (QED) is 0.606. The highest BCUT2D eigenvalue weighted by molar-refractivity contribution is 7.99. The molecule has 1 aromatic rings. The molecule has 0 spiro atoms. The molecule has 5 heteroatoms. The van der Waals surface area contributed by atoms with Crippen molar-refractivity contribution in [2.45, 2.75) is 25.1 Å². The van der Waals surface area contributed by atoms with Gasteiger partial charge >= 0.3 is 0 Å². The zero-order valence-electron chi connectivity index (χ0n) is 9.23. The number of nitrogens with zero attached hydrogens (tertiary/aromatic N) is 2. The van der Waals surface area contributed by atoms with E-state index in [4.69, 9.17) is 4.74 Å². The number of thioether (sulfide) groups is 1. The molecule has 1 heterocycles. The molecule has 0 saturated heterocycles. The standard InChI is InChI=1S/C10H16N2O2S/c1-7-4-8(2)12-10(11-7)15-6-9(13)5-14-3/h4,9,13H,5-6H2,1-3H3/t9-/m1/s1. The Balaban J connectivity index is 2.50. The topological polar surface area (TPSA) is 55.2 Å². The molecule has 1 rings (SSSR count). The van der Waals surface area contributed by atoms with Gasteiger partial charge in [0.25, 0.3) is 0 Å². The summed E-state index contributed by atoms with van der Waals surface area (Å²) in [5.41, 5.74) is 1.90. The molecular weight excluding hydrogens is 212 g/mol. The zero-order chi connectivity index (χ0) is 11.3. The van der Waals surface area contributed by atoms with Crippen LogP contribution in [0.25, 0.3) is 0 Å². The van der Waals surface area contributed by atoms with Crippen LogP contribution in [0.4, 0.5) is 0 Å². The summed E-state index contributed by atoms with van der Waals surface area (Å²) in [7, 11) is 1.57. The zero-order valence-corrected chi connectivity index (χ0v) is 10.0. The molecule has 1 atom stereocenters. The summed E-state index contributed by atoms with van der Waals surface area (Å²) in [6.45, 7) is 4.21. The fourth-order valence-corrected chi connectivity index (χ4v) is 2.02. The van der Waals surface area contributed by atoms with Gasteiger partial charge in [0.1, 0.15) is 0 Å². The van der Waals surface area contributed by atoms with Gasteiger partial charge in [-0.3, -0.25) is 0 Å². The fourth-order valence-electron chi connectivity index (χ4n) is 1.17. The molecule has 1 aromatic heterocycles. The van der Waals surface area contributed by atoms with Crippen LogP contribution in [-0.2, 0) is 4.74 Å². The minimum atomic E-state index is -0.468. The number of aliphatic hydroxyl groups excluding tert-OH is 1. The van der Waals surface area contributed by atoms with Crippen LogP contribution in [0, 0.1) is 13.8 Å². The number of rotatable bonds is 5. The first-order valence-corrected chi connectivity index (χ1v) is 5.72. The maximum atomic E-state index is 9.45. The van der Waals surface area contributed by atoms with Crippen molar-refractivity contribution in [2.75, 3.05) is 19.5 Å². The summed E-state index contributed by atoms with van der Waals surface area (Å²) >= 11 is 1.44. The maximum absolute atomic E-state index is 9.45. The number of hydrogen-bond acceptors (Lipinski definition) is 5. The molecule has 0 saturated carbocycles. The summed E-state index contributed by atoms with van der Waals surface area (Å²) in [5.74, 6) is 0.552. The van der Waals surface area contributed by atoms with Crippen LogP contribution in [0.3, 0.4) is 0 Å². The first-order chi connectivity index (χ1) is 7.11. The molecule has 1 N–H and O–H groups in total. The molecule has 0 fully saturated rings. The van der Waals surface area contributed by atoms with Crippen LogP contribution in [0.15, 0.2) is 11.2 Å². The van der Waals surface area contributed by atoms with Crippen molar-refractivity contribution in [3.05, 3.63) is 17.5 Å². The molecule has 0 aliphatic rings. The van der Waals surface area contributed by atoms with E-state index in [1.54, 1.807) is 7.11 Å². The van der Waals surface area contributed by atoms with Crippen molar-refractivity contribution in [2.24, 2.45) is 0 Å². The summed E-state index contributed by atoms with van der Waals surface area (Å²) in [5, 5.41) is 10.2. The molecule has 4 nitrogen and oxygen atoms in total. The first kappa shape index (κ1) is 12.4. The lowest BCUT2D eigenvalue weighted by Crippen LogP contribution is -2.16. The van der Waals surface area contributed by atoms with Crippen molar-refractivity contribution in [3.63, 3.8) is 0 Å².